The maximum absolute atomic E-state index is 6.13. The minimum atomic E-state index is 0.582. The maximum atomic E-state index is 6.13. The molecular weight excluding hydrogens is 272 g/mol. The van der Waals surface area contributed by atoms with Crippen molar-refractivity contribution in [1.29, 1.82) is 0 Å². The predicted molar refractivity (Wildman–Crippen MR) is 78.7 cm³/mol. The van der Waals surface area contributed by atoms with Crippen LogP contribution in [-0.4, -0.2) is 19.6 Å². The van der Waals surface area contributed by atoms with Gasteiger partial charge in [-0.3, -0.25) is 4.40 Å². The zero-order valence-electron chi connectivity index (χ0n) is 10.4. The van der Waals surface area contributed by atoms with Crippen molar-refractivity contribution in [3.63, 3.8) is 0 Å². The molecule has 0 saturated heterocycles. The highest BCUT2D eigenvalue weighted by Crippen LogP contribution is 2.29. The second kappa shape index (κ2) is 4.28. The second-order valence-corrected chi connectivity index (χ2v) is 4.93. The SMILES string of the molecule is Clc1ccc2c(c1)c(-c1ccccc1)nc1nncn12. The van der Waals surface area contributed by atoms with Gasteiger partial charge in [-0.2, -0.15) is 0 Å². The third-order valence-electron chi connectivity index (χ3n) is 3.26. The van der Waals surface area contributed by atoms with Gasteiger partial charge in [-0.1, -0.05) is 41.9 Å². The molecule has 0 N–H and O–H groups in total. The standard InChI is InChI=1S/C15H9ClN4/c16-11-6-7-13-12(8-11)14(10-4-2-1-3-5-10)18-15-19-17-9-20(13)15/h1-9H. The summed E-state index contributed by atoms with van der Waals surface area (Å²) in [5.74, 6) is 0.582. The van der Waals surface area contributed by atoms with Crippen molar-refractivity contribution in [2.24, 2.45) is 0 Å². The number of rotatable bonds is 1. The van der Waals surface area contributed by atoms with Gasteiger partial charge in [0.1, 0.15) is 6.33 Å². The number of hydrogen-bond donors (Lipinski definition) is 0. The molecule has 2 aromatic carbocycles. The van der Waals surface area contributed by atoms with E-state index >= 15 is 0 Å². The molecule has 0 amide bonds. The predicted octanol–water partition coefficient (Wildman–Crippen LogP) is 3.60. The summed E-state index contributed by atoms with van der Waals surface area (Å²) in [7, 11) is 0. The molecule has 20 heavy (non-hydrogen) atoms. The Morgan fingerprint density at radius 2 is 1.85 bits per heavy atom. The zero-order chi connectivity index (χ0) is 13.5. The van der Waals surface area contributed by atoms with Crippen LogP contribution in [0.2, 0.25) is 5.02 Å². The van der Waals surface area contributed by atoms with Crippen LogP contribution in [0.4, 0.5) is 0 Å². The first-order valence-corrected chi connectivity index (χ1v) is 6.55. The average Bonchev–Trinajstić information content (AvgIpc) is 2.95. The summed E-state index contributed by atoms with van der Waals surface area (Å²) in [6.45, 7) is 0. The summed E-state index contributed by atoms with van der Waals surface area (Å²) in [4.78, 5) is 4.61. The molecule has 5 heteroatoms. The molecule has 2 aromatic heterocycles. The van der Waals surface area contributed by atoms with Crippen LogP contribution in [0.15, 0.2) is 54.9 Å². The summed E-state index contributed by atoms with van der Waals surface area (Å²) in [5, 5.41) is 9.64. The number of halogens is 1. The molecule has 4 rings (SSSR count). The van der Waals surface area contributed by atoms with Gasteiger partial charge in [0.15, 0.2) is 0 Å². The third-order valence-corrected chi connectivity index (χ3v) is 3.50. The molecule has 4 nitrogen and oxygen atoms in total. The quantitative estimate of drug-likeness (QED) is 0.535. The summed E-state index contributed by atoms with van der Waals surface area (Å²) in [5.41, 5.74) is 2.89. The van der Waals surface area contributed by atoms with Gasteiger partial charge in [0, 0.05) is 16.0 Å². The van der Waals surface area contributed by atoms with Gasteiger partial charge in [0.2, 0.25) is 0 Å². The topological polar surface area (TPSA) is 43.1 Å². The van der Waals surface area contributed by atoms with Gasteiger partial charge >= 0.3 is 0 Å². The van der Waals surface area contributed by atoms with Crippen molar-refractivity contribution in [2.45, 2.75) is 0 Å². The highest BCUT2D eigenvalue weighted by Gasteiger charge is 2.11. The smallest absolute Gasteiger partial charge is 0.255 e. The highest BCUT2D eigenvalue weighted by molar-refractivity contribution is 6.31. The van der Waals surface area contributed by atoms with Crippen molar-refractivity contribution in [3.8, 4) is 11.3 Å². The van der Waals surface area contributed by atoms with Gasteiger partial charge in [-0.05, 0) is 18.2 Å². The second-order valence-electron chi connectivity index (χ2n) is 4.49. The van der Waals surface area contributed by atoms with Gasteiger partial charge in [-0.25, -0.2) is 4.98 Å². The van der Waals surface area contributed by atoms with Crippen LogP contribution in [0.1, 0.15) is 0 Å². The Balaban J connectivity index is 2.19. The van der Waals surface area contributed by atoms with Crippen molar-refractivity contribution in [1.82, 2.24) is 19.6 Å². The van der Waals surface area contributed by atoms with Crippen molar-refractivity contribution < 1.29 is 0 Å². The normalized spacial score (nSPS) is 11.2. The average molecular weight is 281 g/mol. The van der Waals surface area contributed by atoms with Crippen LogP contribution >= 0.6 is 11.6 Å². The fraction of sp³-hybridized carbons (Fsp3) is 0. The molecule has 0 aliphatic carbocycles. The van der Waals surface area contributed by atoms with E-state index in [-0.39, 0.29) is 0 Å². The van der Waals surface area contributed by atoms with Crippen molar-refractivity contribution in [3.05, 3.63) is 59.9 Å². The Hall–Kier alpha value is -2.46. The number of nitrogens with zero attached hydrogens (tertiary/aromatic N) is 4. The van der Waals surface area contributed by atoms with E-state index in [4.69, 9.17) is 11.6 Å². The number of hydrogen-bond acceptors (Lipinski definition) is 3. The Kier molecular flexibility index (Phi) is 2.44. The lowest BCUT2D eigenvalue weighted by molar-refractivity contribution is 1.10. The van der Waals surface area contributed by atoms with Crippen LogP contribution in [0.3, 0.4) is 0 Å². The van der Waals surface area contributed by atoms with E-state index in [9.17, 15) is 0 Å². The Bertz CT molecular complexity index is 915. The Morgan fingerprint density at radius 3 is 2.70 bits per heavy atom. The van der Waals surface area contributed by atoms with Gasteiger partial charge in [-0.15, -0.1) is 10.2 Å². The molecule has 0 fully saturated rings. The fourth-order valence-corrected chi connectivity index (χ4v) is 2.53. The molecule has 0 aliphatic rings. The van der Waals surface area contributed by atoms with Crippen LogP contribution < -0.4 is 0 Å². The lowest BCUT2D eigenvalue weighted by Gasteiger charge is -2.08. The van der Waals surface area contributed by atoms with E-state index in [2.05, 4.69) is 15.2 Å². The first-order valence-electron chi connectivity index (χ1n) is 6.17. The fourth-order valence-electron chi connectivity index (χ4n) is 2.36. The van der Waals surface area contributed by atoms with Crippen LogP contribution in [0.5, 0.6) is 0 Å². The molecule has 0 radical (unpaired) electrons. The van der Waals surface area contributed by atoms with Crippen LogP contribution in [0.25, 0.3) is 27.9 Å². The number of aromatic nitrogens is 4. The lowest BCUT2D eigenvalue weighted by atomic mass is 10.1. The number of benzene rings is 2. The van der Waals surface area contributed by atoms with E-state index < -0.39 is 0 Å². The summed E-state index contributed by atoms with van der Waals surface area (Å²) in [6.07, 6.45) is 1.66. The third kappa shape index (κ3) is 1.66. The monoisotopic (exact) mass is 280 g/mol. The Morgan fingerprint density at radius 1 is 1.00 bits per heavy atom. The molecular formula is C15H9ClN4. The molecule has 0 spiro atoms. The van der Waals surface area contributed by atoms with Crippen molar-refractivity contribution in [2.75, 3.05) is 0 Å². The van der Waals surface area contributed by atoms with E-state index in [1.165, 1.54) is 0 Å². The molecule has 0 aliphatic heterocycles. The molecule has 0 saturated carbocycles. The Labute approximate surface area is 119 Å². The largest absolute Gasteiger partial charge is 0.265 e. The zero-order valence-corrected chi connectivity index (χ0v) is 11.1. The highest BCUT2D eigenvalue weighted by atomic mass is 35.5. The minimum Gasteiger partial charge on any atom is -0.265 e. The molecule has 0 atom stereocenters. The summed E-state index contributed by atoms with van der Waals surface area (Å²) < 4.78 is 1.86. The molecule has 4 aromatic rings. The van der Waals surface area contributed by atoms with Crippen LogP contribution in [0, 0.1) is 0 Å². The van der Waals surface area contributed by atoms with E-state index in [1.807, 2.05) is 52.9 Å². The molecule has 0 bridgehead atoms. The lowest BCUT2D eigenvalue weighted by Crippen LogP contribution is -1.95. The summed E-state index contributed by atoms with van der Waals surface area (Å²) >= 11 is 6.13. The van der Waals surface area contributed by atoms with E-state index in [0.29, 0.717) is 10.8 Å². The van der Waals surface area contributed by atoms with E-state index in [1.54, 1.807) is 6.33 Å². The van der Waals surface area contributed by atoms with Gasteiger partial charge in [0.05, 0.1) is 11.2 Å². The molecule has 0 unspecified atom stereocenters. The summed E-state index contributed by atoms with van der Waals surface area (Å²) in [6, 6.07) is 15.7. The van der Waals surface area contributed by atoms with E-state index in [0.717, 1.165) is 22.2 Å². The first-order chi connectivity index (χ1) is 9.83. The van der Waals surface area contributed by atoms with Crippen molar-refractivity contribution >= 4 is 28.3 Å². The molecule has 2 heterocycles. The van der Waals surface area contributed by atoms with Gasteiger partial charge < -0.3 is 0 Å². The first kappa shape index (κ1) is 11.4. The number of fused-ring (bicyclic) bond motifs is 3. The van der Waals surface area contributed by atoms with Crippen LogP contribution in [-0.2, 0) is 0 Å². The maximum Gasteiger partial charge on any atom is 0.255 e. The molecule has 96 valence electrons. The van der Waals surface area contributed by atoms with Gasteiger partial charge in [0.25, 0.3) is 5.78 Å². The minimum absolute atomic E-state index is 0.582.